The molecule has 1 aromatic heterocycles. The first-order valence-corrected chi connectivity index (χ1v) is 4.64. The van der Waals surface area contributed by atoms with Crippen molar-refractivity contribution in [2.24, 2.45) is 5.73 Å². The van der Waals surface area contributed by atoms with Gasteiger partial charge in [0.1, 0.15) is 5.82 Å². The normalized spacial score (nSPS) is 10.2. The molecule has 0 saturated heterocycles. The largest absolute Gasteiger partial charge is 0.399 e. The fourth-order valence-electron chi connectivity index (χ4n) is 1.38. The maximum Gasteiger partial charge on any atom is 0.215 e. The van der Waals surface area contributed by atoms with E-state index in [0.29, 0.717) is 17.2 Å². The lowest BCUT2D eigenvalue weighted by Gasteiger charge is -1.98. The van der Waals surface area contributed by atoms with Gasteiger partial charge in [-0.2, -0.15) is 9.78 Å². The topological polar surface area (TPSA) is 120 Å². The van der Waals surface area contributed by atoms with Crippen molar-refractivity contribution in [2.75, 3.05) is 11.5 Å². The van der Waals surface area contributed by atoms with Crippen LogP contribution in [-0.2, 0) is 0 Å². The summed E-state index contributed by atoms with van der Waals surface area (Å²) in [5, 5.41) is 11.4. The minimum absolute atomic E-state index is 0.209. The summed E-state index contributed by atoms with van der Waals surface area (Å²) >= 11 is 0. The van der Waals surface area contributed by atoms with Crippen molar-refractivity contribution in [1.82, 2.24) is 9.78 Å². The van der Waals surface area contributed by atoms with Crippen LogP contribution in [-0.4, -0.2) is 15.7 Å². The van der Waals surface area contributed by atoms with Gasteiger partial charge in [0.2, 0.25) is 5.96 Å². The Kier molecular flexibility index (Phi) is 2.24. The fraction of sp³-hybridized carbons (Fsp3) is 0. The van der Waals surface area contributed by atoms with E-state index < -0.39 is 0 Å². The first kappa shape index (κ1) is 10.0. The van der Waals surface area contributed by atoms with Gasteiger partial charge < -0.3 is 17.2 Å². The van der Waals surface area contributed by atoms with E-state index in [4.69, 9.17) is 22.6 Å². The first-order chi connectivity index (χ1) is 7.58. The van der Waals surface area contributed by atoms with Crippen LogP contribution < -0.4 is 17.2 Å². The monoisotopic (exact) mass is 216 g/mol. The third-order valence-electron chi connectivity index (χ3n) is 2.17. The van der Waals surface area contributed by atoms with Gasteiger partial charge in [0.05, 0.1) is 5.69 Å². The number of aromatic nitrogens is 2. The molecular formula is C10H12N6. The van der Waals surface area contributed by atoms with Crippen molar-refractivity contribution < 1.29 is 0 Å². The van der Waals surface area contributed by atoms with Gasteiger partial charge in [0, 0.05) is 17.3 Å². The lowest BCUT2D eigenvalue weighted by Crippen LogP contribution is -2.23. The molecule has 82 valence electrons. The van der Waals surface area contributed by atoms with Crippen molar-refractivity contribution in [3.05, 3.63) is 30.3 Å². The average Bonchev–Trinajstić information content (AvgIpc) is 2.61. The van der Waals surface area contributed by atoms with Gasteiger partial charge in [-0.05, 0) is 12.1 Å². The second-order valence-electron chi connectivity index (χ2n) is 3.37. The first-order valence-electron chi connectivity index (χ1n) is 4.64. The van der Waals surface area contributed by atoms with E-state index in [1.807, 2.05) is 12.1 Å². The Morgan fingerprint density at radius 2 is 1.81 bits per heavy atom. The summed E-state index contributed by atoms with van der Waals surface area (Å²) < 4.78 is 1.17. The third-order valence-corrected chi connectivity index (χ3v) is 2.17. The van der Waals surface area contributed by atoms with Crippen molar-refractivity contribution in [3.8, 4) is 11.3 Å². The SMILES string of the molecule is N=C(N)n1nc(-c2ccc(N)cc2)cc1N. The molecule has 0 amide bonds. The van der Waals surface area contributed by atoms with Gasteiger partial charge in [-0.3, -0.25) is 5.41 Å². The van der Waals surface area contributed by atoms with E-state index in [0.717, 1.165) is 5.56 Å². The highest BCUT2D eigenvalue weighted by atomic mass is 15.4. The molecule has 2 rings (SSSR count). The summed E-state index contributed by atoms with van der Waals surface area (Å²) in [6.07, 6.45) is 0. The maximum absolute atomic E-state index is 7.26. The second kappa shape index (κ2) is 3.58. The van der Waals surface area contributed by atoms with Crippen LogP contribution in [0.25, 0.3) is 11.3 Å². The number of rotatable bonds is 1. The Morgan fingerprint density at radius 3 is 2.31 bits per heavy atom. The van der Waals surface area contributed by atoms with Crippen molar-refractivity contribution in [2.45, 2.75) is 0 Å². The van der Waals surface area contributed by atoms with Crippen molar-refractivity contribution in [3.63, 3.8) is 0 Å². The number of hydrogen-bond acceptors (Lipinski definition) is 4. The van der Waals surface area contributed by atoms with E-state index in [-0.39, 0.29) is 5.96 Å². The number of nitrogens with one attached hydrogen (secondary N) is 1. The summed E-state index contributed by atoms with van der Waals surface area (Å²) in [6, 6.07) is 8.88. The number of anilines is 2. The van der Waals surface area contributed by atoms with Crippen LogP contribution in [0.3, 0.4) is 0 Å². The Morgan fingerprint density at radius 1 is 1.19 bits per heavy atom. The molecule has 0 aliphatic heterocycles. The Labute approximate surface area is 92.2 Å². The number of nitrogens with two attached hydrogens (primary N) is 3. The van der Waals surface area contributed by atoms with Crippen LogP contribution >= 0.6 is 0 Å². The lowest BCUT2D eigenvalue weighted by atomic mass is 10.1. The third kappa shape index (κ3) is 1.68. The molecular weight excluding hydrogens is 204 g/mol. The summed E-state index contributed by atoms with van der Waals surface area (Å²) in [4.78, 5) is 0. The highest BCUT2D eigenvalue weighted by Gasteiger charge is 2.08. The van der Waals surface area contributed by atoms with Gasteiger partial charge in [0.25, 0.3) is 0 Å². The molecule has 0 aliphatic carbocycles. The molecule has 6 heteroatoms. The molecule has 0 aliphatic rings. The Balaban J connectivity index is 2.45. The molecule has 0 saturated carbocycles. The van der Waals surface area contributed by atoms with Crippen LogP contribution in [0.1, 0.15) is 0 Å². The number of benzene rings is 1. The van der Waals surface area contributed by atoms with E-state index >= 15 is 0 Å². The molecule has 0 atom stereocenters. The quantitative estimate of drug-likeness (QED) is 0.314. The summed E-state index contributed by atoms with van der Waals surface area (Å²) in [5.41, 5.74) is 18.8. The van der Waals surface area contributed by atoms with Crippen molar-refractivity contribution in [1.29, 1.82) is 5.41 Å². The molecule has 1 aromatic carbocycles. The number of hydrogen-bond donors (Lipinski definition) is 4. The van der Waals surface area contributed by atoms with Crippen LogP contribution in [0.2, 0.25) is 0 Å². The molecule has 2 aromatic rings. The van der Waals surface area contributed by atoms with Gasteiger partial charge >= 0.3 is 0 Å². The molecule has 16 heavy (non-hydrogen) atoms. The van der Waals surface area contributed by atoms with E-state index in [9.17, 15) is 0 Å². The molecule has 0 fully saturated rings. The molecule has 0 radical (unpaired) electrons. The molecule has 7 N–H and O–H groups in total. The zero-order valence-corrected chi connectivity index (χ0v) is 8.51. The van der Waals surface area contributed by atoms with E-state index in [2.05, 4.69) is 5.10 Å². The molecule has 1 heterocycles. The maximum atomic E-state index is 7.26. The number of nitrogens with zero attached hydrogens (tertiary/aromatic N) is 2. The minimum Gasteiger partial charge on any atom is -0.399 e. The van der Waals surface area contributed by atoms with E-state index in [1.54, 1.807) is 18.2 Å². The van der Waals surface area contributed by atoms with Crippen LogP contribution in [0.5, 0.6) is 0 Å². The van der Waals surface area contributed by atoms with Crippen molar-refractivity contribution >= 4 is 17.5 Å². The van der Waals surface area contributed by atoms with Crippen LogP contribution in [0.15, 0.2) is 30.3 Å². The Bertz CT molecular complexity index is 525. The summed E-state index contributed by atoms with van der Waals surface area (Å²) in [5.74, 6) is 0.124. The standard InChI is InChI=1S/C10H12N6/c11-7-3-1-6(2-4-7)8-5-9(12)16(15-8)10(13)14/h1-5H,11-12H2,(H3,13,14). The smallest absolute Gasteiger partial charge is 0.215 e. The molecule has 6 nitrogen and oxygen atoms in total. The van der Waals surface area contributed by atoms with E-state index in [1.165, 1.54) is 4.68 Å². The fourth-order valence-corrected chi connectivity index (χ4v) is 1.38. The zero-order chi connectivity index (χ0) is 11.7. The lowest BCUT2D eigenvalue weighted by molar-refractivity contribution is 0.925. The molecule has 0 unspecified atom stereocenters. The molecule has 0 spiro atoms. The predicted molar refractivity (Wildman–Crippen MR) is 63.8 cm³/mol. The number of nitrogen functional groups attached to an aromatic ring is 3. The summed E-state index contributed by atoms with van der Waals surface area (Å²) in [7, 11) is 0. The van der Waals surface area contributed by atoms with Gasteiger partial charge in [-0.15, -0.1) is 0 Å². The highest BCUT2D eigenvalue weighted by molar-refractivity contribution is 5.81. The summed E-state index contributed by atoms with van der Waals surface area (Å²) in [6.45, 7) is 0. The second-order valence-corrected chi connectivity index (χ2v) is 3.37. The van der Waals surface area contributed by atoms with Gasteiger partial charge in [-0.1, -0.05) is 12.1 Å². The highest BCUT2D eigenvalue weighted by Crippen LogP contribution is 2.20. The van der Waals surface area contributed by atoms with Crippen LogP contribution in [0, 0.1) is 5.41 Å². The minimum atomic E-state index is -0.209. The van der Waals surface area contributed by atoms with Gasteiger partial charge in [0.15, 0.2) is 0 Å². The Hall–Kier alpha value is -2.50. The van der Waals surface area contributed by atoms with Gasteiger partial charge in [-0.25, -0.2) is 0 Å². The molecule has 0 bridgehead atoms. The zero-order valence-electron chi connectivity index (χ0n) is 8.51. The average molecular weight is 216 g/mol. The predicted octanol–water partition coefficient (Wildman–Crippen LogP) is 0.456. The van der Waals surface area contributed by atoms with Crippen LogP contribution in [0.4, 0.5) is 11.5 Å².